The third kappa shape index (κ3) is 4.37. The van der Waals surface area contributed by atoms with Crippen LogP contribution in [0.1, 0.15) is 39.5 Å². The molecule has 5 nitrogen and oxygen atoms in total. The van der Waals surface area contributed by atoms with E-state index in [4.69, 9.17) is 10.00 Å². The van der Waals surface area contributed by atoms with Crippen LogP contribution in [0.25, 0.3) is 0 Å². The Morgan fingerprint density at radius 2 is 1.92 bits per heavy atom. The lowest BCUT2D eigenvalue weighted by atomic mass is 10.0. The van der Waals surface area contributed by atoms with Crippen molar-refractivity contribution >= 4 is 5.97 Å². The molecule has 0 N–H and O–H groups in total. The fourth-order valence-electron chi connectivity index (χ4n) is 2.71. The first kappa shape index (κ1) is 17.4. The normalized spacial score (nSPS) is 10.3. The molecule has 0 radical (unpaired) electrons. The summed E-state index contributed by atoms with van der Waals surface area (Å²) in [7, 11) is 0. The van der Waals surface area contributed by atoms with Crippen LogP contribution in [-0.2, 0) is 17.7 Å². The van der Waals surface area contributed by atoms with Gasteiger partial charge in [-0.05, 0) is 42.2 Å². The van der Waals surface area contributed by atoms with Crippen LogP contribution in [-0.4, -0.2) is 22.4 Å². The van der Waals surface area contributed by atoms with Crippen LogP contribution in [0.5, 0.6) is 0 Å². The summed E-state index contributed by atoms with van der Waals surface area (Å²) in [6.45, 7) is 2.72. The first-order valence-electron chi connectivity index (χ1n) is 8.44. The lowest BCUT2D eigenvalue weighted by Gasteiger charge is -2.06. The Bertz CT molecular complexity index is 936. The Hall–Kier alpha value is -3.39. The molecule has 3 aromatic rings. The highest BCUT2D eigenvalue weighted by Gasteiger charge is 2.09. The van der Waals surface area contributed by atoms with E-state index >= 15 is 0 Å². The number of aromatic nitrogens is 2. The highest BCUT2D eigenvalue weighted by Crippen LogP contribution is 2.13. The van der Waals surface area contributed by atoms with Crippen LogP contribution in [0.4, 0.5) is 0 Å². The van der Waals surface area contributed by atoms with Gasteiger partial charge < -0.3 is 4.74 Å². The molecule has 0 aliphatic carbocycles. The van der Waals surface area contributed by atoms with E-state index < -0.39 is 0 Å². The quantitative estimate of drug-likeness (QED) is 0.641. The summed E-state index contributed by atoms with van der Waals surface area (Å²) in [5.41, 5.74) is 4.52. The summed E-state index contributed by atoms with van der Waals surface area (Å²) >= 11 is 0. The number of hydrogen-bond acceptors (Lipinski definition) is 4. The number of nitrogens with zero attached hydrogens (tertiary/aromatic N) is 3. The molecule has 0 aliphatic rings. The molecule has 0 unspecified atom stereocenters. The van der Waals surface area contributed by atoms with Gasteiger partial charge in [0.05, 0.1) is 36.5 Å². The van der Waals surface area contributed by atoms with Gasteiger partial charge in [-0.3, -0.25) is 4.68 Å². The summed E-state index contributed by atoms with van der Waals surface area (Å²) in [6.07, 6.45) is 4.00. The molecule has 1 heterocycles. The van der Waals surface area contributed by atoms with Gasteiger partial charge in [0.15, 0.2) is 0 Å². The zero-order valence-corrected chi connectivity index (χ0v) is 14.6. The molecule has 0 atom stereocenters. The van der Waals surface area contributed by atoms with Gasteiger partial charge in [0.2, 0.25) is 0 Å². The minimum Gasteiger partial charge on any atom is -0.462 e. The number of benzene rings is 2. The Balaban J connectivity index is 1.64. The molecule has 0 fully saturated rings. The molecule has 2 aromatic carbocycles. The second-order valence-electron chi connectivity index (χ2n) is 5.95. The SMILES string of the molecule is CCOC(=O)c1cnn(Cc2ccc(Cc3cccc(C#N)c3)cc2)c1. The number of rotatable bonds is 6. The van der Waals surface area contributed by atoms with Gasteiger partial charge in [-0.25, -0.2) is 4.79 Å². The number of esters is 1. The summed E-state index contributed by atoms with van der Waals surface area (Å²) < 4.78 is 6.69. The number of hydrogen-bond donors (Lipinski definition) is 0. The average Bonchev–Trinajstić information content (AvgIpc) is 3.12. The van der Waals surface area contributed by atoms with E-state index in [1.807, 2.05) is 18.2 Å². The van der Waals surface area contributed by atoms with Gasteiger partial charge in [-0.2, -0.15) is 10.4 Å². The van der Waals surface area contributed by atoms with Gasteiger partial charge in [0.1, 0.15) is 0 Å². The second-order valence-corrected chi connectivity index (χ2v) is 5.95. The van der Waals surface area contributed by atoms with Crippen molar-refractivity contribution in [3.63, 3.8) is 0 Å². The second kappa shape index (κ2) is 8.13. The van der Waals surface area contributed by atoms with E-state index in [1.165, 1.54) is 11.8 Å². The van der Waals surface area contributed by atoms with E-state index in [1.54, 1.807) is 23.9 Å². The topological polar surface area (TPSA) is 67.9 Å². The van der Waals surface area contributed by atoms with Crippen LogP contribution in [0, 0.1) is 11.3 Å². The van der Waals surface area contributed by atoms with Crippen LogP contribution < -0.4 is 0 Å². The Morgan fingerprint density at radius 3 is 2.65 bits per heavy atom. The van der Waals surface area contributed by atoms with Crippen molar-refractivity contribution < 1.29 is 9.53 Å². The molecule has 3 rings (SSSR count). The molecule has 0 bridgehead atoms. The van der Waals surface area contributed by atoms with Crippen LogP contribution in [0.2, 0.25) is 0 Å². The van der Waals surface area contributed by atoms with Crippen molar-refractivity contribution in [3.05, 3.63) is 88.7 Å². The zero-order chi connectivity index (χ0) is 18.4. The smallest absolute Gasteiger partial charge is 0.341 e. The number of carbonyl (C=O) groups excluding carboxylic acids is 1. The standard InChI is InChI=1S/C21H19N3O2/c1-2-26-21(25)20-13-23-24(15-20)14-17-8-6-16(7-9-17)10-18-4-3-5-19(11-18)12-22/h3-9,11,13,15H,2,10,14H2,1H3. The van der Waals surface area contributed by atoms with Crippen molar-refractivity contribution in [1.82, 2.24) is 9.78 Å². The van der Waals surface area contributed by atoms with Gasteiger partial charge in [0, 0.05) is 6.20 Å². The number of ether oxygens (including phenoxy) is 1. The van der Waals surface area contributed by atoms with Crippen LogP contribution in [0.3, 0.4) is 0 Å². The maximum Gasteiger partial charge on any atom is 0.341 e. The molecule has 5 heteroatoms. The van der Waals surface area contributed by atoms with Gasteiger partial charge in [-0.15, -0.1) is 0 Å². The average molecular weight is 345 g/mol. The molecule has 1 aromatic heterocycles. The Labute approximate surface area is 152 Å². The molecule has 0 spiro atoms. The zero-order valence-electron chi connectivity index (χ0n) is 14.6. The predicted molar refractivity (Wildman–Crippen MR) is 97.7 cm³/mol. The van der Waals surface area contributed by atoms with Gasteiger partial charge in [-0.1, -0.05) is 36.4 Å². The third-order valence-electron chi connectivity index (χ3n) is 3.98. The highest BCUT2D eigenvalue weighted by molar-refractivity contribution is 5.88. The number of nitriles is 1. The largest absolute Gasteiger partial charge is 0.462 e. The van der Waals surface area contributed by atoms with Crippen molar-refractivity contribution in [2.24, 2.45) is 0 Å². The summed E-state index contributed by atoms with van der Waals surface area (Å²) in [6, 6.07) is 18.1. The van der Waals surface area contributed by atoms with E-state index in [9.17, 15) is 4.79 Å². The monoisotopic (exact) mass is 345 g/mol. The van der Waals surface area contributed by atoms with E-state index in [-0.39, 0.29) is 5.97 Å². The molecule has 0 amide bonds. The number of carbonyl (C=O) groups is 1. The highest BCUT2D eigenvalue weighted by atomic mass is 16.5. The minimum atomic E-state index is -0.353. The van der Waals surface area contributed by atoms with Gasteiger partial charge >= 0.3 is 5.97 Å². The maximum atomic E-state index is 11.7. The van der Waals surface area contributed by atoms with Crippen molar-refractivity contribution in [3.8, 4) is 6.07 Å². The van der Waals surface area contributed by atoms with Gasteiger partial charge in [0.25, 0.3) is 0 Å². The summed E-state index contributed by atoms with van der Waals surface area (Å²) in [5, 5.41) is 13.2. The van der Waals surface area contributed by atoms with Crippen molar-refractivity contribution in [1.29, 1.82) is 5.26 Å². The summed E-state index contributed by atoms with van der Waals surface area (Å²) in [5.74, 6) is -0.353. The van der Waals surface area contributed by atoms with Crippen LogP contribution >= 0.6 is 0 Å². The third-order valence-corrected chi connectivity index (χ3v) is 3.98. The molecule has 0 saturated carbocycles. The maximum absolute atomic E-state index is 11.7. The first-order valence-corrected chi connectivity index (χ1v) is 8.44. The molecule has 130 valence electrons. The fraction of sp³-hybridized carbons (Fsp3) is 0.190. The molecule has 0 aliphatic heterocycles. The van der Waals surface area contributed by atoms with Crippen molar-refractivity contribution in [2.45, 2.75) is 19.9 Å². The molecular formula is C21H19N3O2. The van der Waals surface area contributed by atoms with E-state index in [0.29, 0.717) is 24.3 Å². The van der Waals surface area contributed by atoms with E-state index in [2.05, 4.69) is 35.4 Å². The van der Waals surface area contributed by atoms with Crippen molar-refractivity contribution in [2.75, 3.05) is 6.61 Å². The minimum absolute atomic E-state index is 0.350. The summed E-state index contributed by atoms with van der Waals surface area (Å²) in [4.78, 5) is 11.7. The van der Waals surface area contributed by atoms with E-state index in [0.717, 1.165) is 17.5 Å². The predicted octanol–water partition coefficient (Wildman–Crippen LogP) is 3.57. The van der Waals surface area contributed by atoms with Crippen LogP contribution in [0.15, 0.2) is 60.9 Å². The lowest BCUT2D eigenvalue weighted by Crippen LogP contribution is -2.04. The molecule has 26 heavy (non-hydrogen) atoms. The molecular weight excluding hydrogens is 326 g/mol. The Morgan fingerprint density at radius 1 is 1.15 bits per heavy atom. The first-order chi connectivity index (χ1) is 12.7. The lowest BCUT2D eigenvalue weighted by molar-refractivity contribution is 0.0526. The Kier molecular flexibility index (Phi) is 5.45. The molecule has 0 saturated heterocycles. The fourth-order valence-corrected chi connectivity index (χ4v) is 2.71.